The van der Waals surface area contributed by atoms with Gasteiger partial charge in [-0.15, -0.1) is 0 Å². The summed E-state index contributed by atoms with van der Waals surface area (Å²) in [5, 5.41) is 1.03. The first kappa shape index (κ1) is 6.85. The Labute approximate surface area is 72.4 Å². The van der Waals surface area contributed by atoms with Crippen molar-refractivity contribution >= 4 is 27.0 Å². The van der Waals surface area contributed by atoms with E-state index in [2.05, 4.69) is 20.9 Å². The molecule has 2 rings (SSSR count). The minimum Gasteiger partial charge on any atom is -0.431 e. The van der Waals surface area contributed by atoms with E-state index in [1.807, 2.05) is 25.1 Å². The van der Waals surface area contributed by atoms with Gasteiger partial charge >= 0.3 is 0 Å². The Morgan fingerprint density at radius 2 is 2.27 bits per heavy atom. The van der Waals surface area contributed by atoms with Crippen LogP contribution in [0.2, 0.25) is 0 Å². The summed E-state index contributed by atoms with van der Waals surface area (Å²) >= 11 is 3.24. The lowest BCUT2D eigenvalue weighted by Crippen LogP contribution is -1.77. The van der Waals surface area contributed by atoms with E-state index >= 15 is 0 Å². The summed E-state index contributed by atoms with van der Waals surface area (Å²) in [5.41, 5.74) is 1.66. The van der Waals surface area contributed by atoms with Gasteiger partial charge < -0.3 is 4.42 Å². The number of aryl methyl sites for hydroxylation is 1. The second-order valence-electron chi connectivity index (χ2n) is 2.40. The van der Waals surface area contributed by atoms with Crippen LogP contribution >= 0.6 is 15.9 Å². The van der Waals surface area contributed by atoms with Crippen molar-refractivity contribution in [2.45, 2.75) is 6.92 Å². The first-order valence-corrected chi connectivity index (χ1v) is 4.08. The van der Waals surface area contributed by atoms with Crippen molar-refractivity contribution < 1.29 is 4.42 Å². The number of halogens is 1. The Balaban J connectivity index is 2.82. The van der Waals surface area contributed by atoms with Gasteiger partial charge in [0.05, 0.1) is 0 Å². The summed E-state index contributed by atoms with van der Waals surface area (Å²) in [6.45, 7) is 1.94. The lowest BCUT2D eigenvalue weighted by Gasteiger charge is -1.88. The highest BCUT2D eigenvalue weighted by atomic mass is 79.9. The third-order valence-corrected chi connectivity index (χ3v) is 1.88. The van der Waals surface area contributed by atoms with Crippen molar-refractivity contribution in [1.82, 2.24) is 4.98 Å². The Bertz CT molecular complexity index is 394. The zero-order valence-electron chi connectivity index (χ0n) is 5.97. The maximum absolute atomic E-state index is 5.25. The molecule has 2 aromatic heterocycles. The van der Waals surface area contributed by atoms with Gasteiger partial charge in [-0.05, 0) is 35.0 Å². The summed E-state index contributed by atoms with van der Waals surface area (Å²) in [6.07, 6.45) is 0. The molecule has 0 aromatic carbocycles. The molecule has 0 bridgehead atoms. The number of aromatic nitrogens is 1. The van der Waals surface area contributed by atoms with Gasteiger partial charge in [0.1, 0.15) is 0 Å². The third-order valence-electron chi connectivity index (χ3n) is 1.49. The highest BCUT2D eigenvalue weighted by Crippen LogP contribution is 2.21. The van der Waals surface area contributed by atoms with E-state index in [9.17, 15) is 0 Å². The van der Waals surface area contributed by atoms with Crippen LogP contribution in [0.3, 0.4) is 0 Å². The number of hydrogen-bond acceptors (Lipinski definition) is 2. The van der Waals surface area contributed by atoms with E-state index in [4.69, 9.17) is 4.42 Å². The van der Waals surface area contributed by atoms with E-state index in [-0.39, 0.29) is 0 Å². The van der Waals surface area contributed by atoms with E-state index in [0.717, 1.165) is 15.7 Å². The Hall–Kier alpha value is -0.830. The summed E-state index contributed by atoms with van der Waals surface area (Å²) in [5.74, 6) is 0. The number of nitrogens with zero attached hydrogens (tertiary/aromatic N) is 1. The molecule has 0 aliphatic carbocycles. The van der Waals surface area contributed by atoms with Gasteiger partial charge in [0, 0.05) is 17.1 Å². The lowest BCUT2D eigenvalue weighted by atomic mass is 10.3. The molecule has 0 amide bonds. The number of furan rings is 1. The number of hydrogen-bond donors (Lipinski definition) is 0. The van der Waals surface area contributed by atoms with Crippen LogP contribution in [-0.4, -0.2) is 4.98 Å². The Morgan fingerprint density at radius 1 is 1.45 bits per heavy atom. The predicted molar refractivity (Wildman–Crippen MR) is 46.4 cm³/mol. The SMILES string of the molecule is Cc1ccc2cc(Br)oc2n1. The van der Waals surface area contributed by atoms with E-state index in [0.29, 0.717) is 5.71 Å². The van der Waals surface area contributed by atoms with Crippen molar-refractivity contribution in [3.8, 4) is 0 Å². The lowest BCUT2D eigenvalue weighted by molar-refractivity contribution is 0.575. The monoisotopic (exact) mass is 211 g/mol. The molecule has 0 spiro atoms. The quantitative estimate of drug-likeness (QED) is 0.670. The number of rotatable bonds is 0. The number of pyridine rings is 1. The zero-order chi connectivity index (χ0) is 7.84. The largest absolute Gasteiger partial charge is 0.431 e. The van der Waals surface area contributed by atoms with Crippen LogP contribution in [0.4, 0.5) is 0 Å². The standard InChI is InChI=1S/C8H6BrNO/c1-5-2-3-6-4-7(9)11-8(6)10-5/h2-4H,1H3. The van der Waals surface area contributed by atoms with Crippen LogP contribution in [0.25, 0.3) is 11.1 Å². The molecule has 0 fully saturated rings. The van der Waals surface area contributed by atoms with Gasteiger partial charge in [0.2, 0.25) is 5.71 Å². The molecular formula is C8H6BrNO. The molecule has 0 saturated carbocycles. The van der Waals surface area contributed by atoms with Crippen LogP contribution in [0.5, 0.6) is 0 Å². The van der Waals surface area contributed by atoms with Gasteiger partial charge in [-0.25, -0.2) is 4.98 Å². The van der Waals surface area contributed by atoms with E-state index in [1.165, 1.54) is 0 Å². The predicted octanol–water partition coefficient (Wildman–Crippen LogP) is 2.90. The first-order valence-electron chi connectivity index (χ1n) is 3.28. The summed E-state index contributed by atoms with van der Waals surface area (Å²) in [4.78, 5) is 4.20. The van der Waals surface area contributed by atoms with Crippen LogP contribution in [0.15, 0.2) is 27.3 Å². The third kappa shape index (κ3) is 1.16. The van der Waals surface area contributed by atoms with Crippen molar-refractivity contribution in [3.63, 3.8) is 0 Å². The maximum atomic E-state index is 5.25. The molecule has 0 saturated heterocycles. The van der Waals surface area contributed by atoms with Crippen LogP contribution in [-0.2, 0) is 0 Å². The van der Waals surface area contributed by atoms with Gasteiger partial charge in [-0.2, -0.15) is 0 Å². The average Bonchev–Trinajstić information content (AvgIpc) is 2.27. The van der Waals surface area contributed by atoms with Crippen LogP contribution in [0, 0.1) is 6.92 Å². The van der Waals surface area contributed by atoms with Crippen LogP contribution in [0.1, 0.15) is 5.69 Å². The van der Waals surface area contributed by atoms with Crippen LogP contribution < -0.4 is 0 Å². The molecule has 2 nitrogen and oxygen atoms in total. The van der Waals surface area contributed by atoms with Crippen molar-refractivity contribution in [2.24, 2.45) is 0 Å². The molecular weight excluding hydrogens is 206 g/mol. The van der Waals surface area contributed by atoms with Gasteiger partial charge in [0.15, 0.2) is 4.67 Å². The minimum absolute atomic E-state index is 0.692. The molecule has 0 atom stereocenters. The molecule has 0 aliphatic heterocycles. The van der Waals surface area contributed by atoms with Crippen molar-refractivity contribution in [3.05, 3.63) is 28.6 Å². The van der Waals surface area contributed by atoms with Gasteiger partial charge in [-0.1, -0.05) is 0 Å². The highest BCUT2D eigenvalue weighted by Gasteiger charge is 2.00. The van der Waals surface area contributed by atoms with Gasteiger partial charge in [0.25, 0.3) is 0 Å². The smallest absolute Gasteiger partial charge is 0.227 e. The Morgan fingerprint density at radius 3 is 3.09 bits per heavy atom. The fourth-order valence-corrected chi connectivity index (χ4v) is 1.38. The van der Waals surface area contributed by atoms with Crippen molar-refractivity contribution in [2.75, 3.05) is 0 Å². The maximum Gasteiger partial charge on any atom is 0.227 e. The molecule has 0 radical (unpaired) electrons. The first-order chi connectivity index (χ1) is 5.25. The van der Waals surface area contributed by atoms with E-state index < -0.39 is 0 Å². The van der Waals surface area contributed by atoms with Crippen molar-refractivity contribution in [1.29, 1.82) is 0 Å². The van der Waals surface area contributed by atoms with Gasteiger partial charge in [-0.3, -0.25) is 0 Å². The fourth-order valence-electron chi connectivity index (χ4n) is 0.979. The molecule has 2 heterocycles. The minimum atomic E-state index is 0.692. The molecule has 0 unspecified atom stereocenters. The fraction of sp³-hybridized carbons (Fsp3) is 0.125. The second-order valence-corrected chi connectivity index (χ2v) is 3.18. The molecule has 0 N–H and O–H groups in total. The van der Waals surface area contributed by atoms with E-state index in [1.54, 1.807) is 0 Å². The zero-order valence-corrected chi connectivity index (χ0v) is 7.55. The molecule has 11 heavy (non-hydrogen) atoms. The number of fused-ring (bicyclic) bond motifs is 1. The Kier molecular flexibility index (Phi) is 1.46. The topological polar surface area (TPSA) is 26.0 Å². The summed E-state index contributed by atoms with van der Waals surface area (Å²) < 4.78 is 5.98. The summed E-state index contributed by atoms with van der Waals surface area (Å²) in [6, 6.07) is 5.86. The summed E-state index contributed by atoms with van der Waals surface area (Å²) in [7, 11) is 0. The normalized spacial score (nSPS) is 10.7. The molecule has 2 aromatic rings. The second kappa shape index (κ2) is 2.34. The molecule has 3 heteroatoms. The average molecular weight is 212 g/mol. The highest BCUT2D eigenvalue weighted by molar-refractivity contribution is 9.10. The molecule has 56 valence electrons. The molecule has 0 aliphatic rings.